The van der Waals surface area contributed by atoms with Gasteiger partial charge in [-0.2, -0.15) is 4.31 Å². The first-order chi connectivity index (χ1) is 11.4. The van der Waals surface area contributed by atoms with Crippen LogP contribution in [0.1, 0.15) is 18.4 Å². The van der Waals surface area contributed by atoms with Crippen LogP contribution < -0.4 is 4.90 Å². The Kier molecular flexibility index (Phi) is 3.43. The van der Waals surface area contributed by atoms with Crippen LogP contribution in [0, 0.1) is 0 Å². The number of hydrogen-bond acceptors (Lipinski definition) is 4. The minimum absolute atomic E-state index is 0.0484. The Morgan fingerprint density at radius 1 is 1.08 bits per heavy atom. The summed E-state index contributed by atoms with van der Waals surface area (Å²) in [6.07, 6.45) is 2.25. The largest absolute Gasteiger partial charge is 0.337 e. The van der Waals surface area contributed by atoms with E-state index in [1.165, 1.54) is 15.3 Å². The molecule has 8 heteroatoms. The first-order valence-corrected chi connectivity index (χ1v) is 9.51. The van der Waals surface area contributed by atoms with Gasteiger partial charge in [0, 0.05) is 31.9 Å². The Morgan fingerprint density at radius 3 is 2.50 bits per heavy atom. The molecule has 4 rings (SSSR count). The summed E-state index contributed by atoms with van der Waals surface area (Å²) < 4.78 is 26.9. The lowest BCUT2D eigenvalue weighted by Gasteiger charge is -2.33. The van der Waals surface area contributed by atoms with Gasteiger partial charge < -0.3 is 9.80 Å². The van der Waals surface area contributed by atoms with Gasteiger partial charge in [0.25, 0.3) is 0 Å². The number of sulfonamides is 1. The van der Waals surface area contributed by atoms with Crippen molar-refractivity contribution in [2.75, 3.05) is 31.6 Å². The van der Waals surface area contributed by atoms with E-state index in [-0.39, 0.29) is 29.7 Å². The van der Waals surface area contributed by atoms with Gasteiger partial charge in [-0.3, -0.25) is 9.59 Å². The Labute approximate surface area is 140 Å². The molecule has 1 aliphatic carbocycles. The monoisotopic (exact) mass is 349 g/mol. The van der Waals surface area contributed by atoms with E-state index < -0.39 is 10.0 Å². The molecular weight excluding hydrogens is 330 g/mol. The fourth-order valence-electron chi connectivity index (χ4n) is 3.40. The topological polar surface area (TPSA) is 78.0 Å². The van der Waals surface area contributed by atoms with Crippen LogP contribution in [0.5, 0.6) is 0 Å². The van der Waals surface area contributed by atoms with Crippen LogP contribution in [0.4, 0.5) is 5.69 Å². The van der Waals surface area contributed by atoms with E-state index in [1.807, 2.05) is 0 Å². The predicted octanol–water partition coefficient (Wildman–Crippen LogP) is 0.201. The summed E-state index contributed by atoms with van der Waals surface area (Å²) in [7, 11) is -2.05. The quantitative estimate of drug-likeness (QED) is 0.781. The van der Waals surface area contributed by atoms with Gasteiger partial charge in [0.2, 0.25) is 21.8 Å². The molecule has 1 aromatic carbocycles. The third-order valence-corrected chi connectivity index (χ3v) is 6.82. The molecule has 3 aliphatic rings. The summed E-state index contributed by atoms with van der Waals surface area (Å²) in [5.74, 6) is -0.170. The molecular formula is C16H19N3O4S. The number of piperazine rings is 1. The summed E-state index contributed by atoms with van der Waals surface area (Å²) in [5.41, 5.74) is 1.46. The molecule has 7 nitrogen and oxygen atoms in total. The van der Waals surface area contributed by atoms with Crippen molar-refractivity contribution in [2.24, 2.45) is 0 Å². The lowest BCUT2D eigenvalue weighted by molar-refractivity contribution is -0.134. The fourth-order valence-corrected chi connectivity index (χ4v) is 4.83. The van der Waals surface area contributed by atoms with Gasteiger partial charge in [-0.05, 0) is 36.6 Å². The number of nitrogens with zero attached hydrogens (tertiary/aromatic N) is 3. The molecule has 1 aromatic rings. The normalized spacial score (nSPS) is 22.2. The van der Waals surface area contributed by atoms with Crippen LogP contribution in [0.3, 0.4) is 0 Å². The van der Waals surface area contributed by atoms with Crippen molar-refractivity contribution in [2.45, 2.75) is 30.2 Å². The fraction of sp³-hybridized carbons (Fsp3) is 0.500. The zero-order valence-corrected chi connectivity index (χ0v) is 14.3. The SMILES string of the molecule is CN1C(=O)Cc2cc(S(=O)(=O)N3CCN(C4CC4)C(=O)C3)ccc21. The van der Waals surface area contributed by atoms with E-state index in [4.69, 9.17) is 0 Å². The summed E-state index contributed by atoms with van der Waals surface area (Å²) in [6.45, 7) is 0.671. The molecule has 24 heavy (non-hydrogen) atoms. The maximum atomic E-state index is 12.8. The second-order valence-corrected chi connectivity index (χ2v) is 8.51. The number of amides is 2. The smallest absolute Gasteiger partial charge is 0.243 e. The Hall–Kier alpha value is -1.93. The lowest BCUT2D eigenvalue weighted by atomic mass is 10.2. The van der Waals surface area contributed by atoms with Crippen molar-refractivity contribution in [3.63, 3.8) is 0 Å². The first kappa shape index (κ1) is 15.6. The molecule has 0 aromatic heterocycles. The zero-order valence-electron chi connectivity index (χ0n) is 13.4. The molecule has 0 atom stereocenters. The van der Waals surface area contributed by atoms with E-state index in [0.717, 1.165) is 18.5 Å². The third-order valence-electron chi connectivity index (χ3n) is 4.98. The number of benzene rings is 1. The van der Waals surface area contributed by atoms with Crippen LogP contribution >= 0.6 is 0 Å². The molecule has 0 bridgehead atoms. The van der Waals surface area contributed by atoms with Gasteiger partial charge in [-0.1, -0.05) is 0 Å². The van der Waals surface area contributed by atoms with Gasteiger partial charge in [-0.15, -0.1) is 0 Å². The maximum Gasteiger partial charge on any atom is 0.243 e. The molecule has 1 saturated heterocycles. The summed E-state index contributed by atoms with van der Waals surface area (Å²) in [6, 6.07) is 5.05. The second kappa shape index (κ2) is 5.29. The van der Waals surface area contributed by atoms with Crippen LogP contribution in [-0.2, 0) is 26.0 Å². The van der Waals surface area contributed by atoms with E-state index in [2.05, 4.69) is 0 Å². The molecule has 0 radical (unpaired) electrons. The summed E-state index contributed by atoms with van der Waals surface area (Å²) >= 11 is 0. The highest BCUT2D eigenvalue weighted by Crippen LogP contribution is 2.32. The number of hydrogen-bond donors (Lipinski definition) is 0. The molecule has 2 heterocycles. The minimum Gasteiger partial charge on any atom is -0.337 e. The number of fused-ring (bicyclic) bond motifs is 1. The van der Waals surface area contributed by atoms with E-state index in [1.54, 1.807) is 24.1 Å². The predicted molar refractivity (Wildman–Crippen MR) is 87.0 cm³/mol. The number of likely N-dealkylation sites (N-methyl/N-ethyl adjacent to an activating group) is 1. The molecule has 1 saturated carbocycles. The molecule has 2 amide bonds. The lowest BCUT2D eigenvalue weighted by Crippen LogP contribution is -2.52. The third kappa shape index (κ3) is 2.41. The minimum atomic E-state index is -3.72. The number of anilines is 1. The van der Waals surface area contributed by atoms with E-state index >= 15 is 0 Å². The van der Waals surface area contributed by atoms with E-state index in [9.17, 15) is 18.0 Å². The van der Waals surface area contributed by atoms with Gasteiger partial charge in [0.05, 0.1) is 17.9 Å². The van der Waals surface area contributed by atoms with Gasteiger partial charge in [0.15, 0.2) is 0 Å². The average Bonchev–Trinajstić information content (AvgIpc) is 3.34. The van der Waals surface area contributed by atoms with Gasteiger partial charge in [0.1, 0.15) is 0 Å². The van der Waals surface area contributed by atoms with Crippen molar-refractivity contribution in [3.05, 3.63) is 23.8 Å². The summed E-state index contributed by atoms with van der Waals surface area (Å²) in [5, 5.41) is 0. The molecule has 0 N–H and O–H groups in total. The number of carbonyl (C=O) groups is 2. The molecule has 128 valence electrons. The van der Waals surface area contributed by atoms with Crippen molar-refractivity contribution in [1.29, 1.82) is 0 Å². The molecule has 2 fully saturated rings. The maximum absolute atomic E-state index is 12.8. The molecule has 2 aliphatic heterocycles. The van der Waals surface area contributed by atoms with Crippen LogP contribution in [0.2, 0.25) is 0 Å². The standard InChI is InChI=1S/C16H19N3O4S/c1-17-14-5-4-13(8-11(14)9-15(17)20)24(22,23)18-6-7-19(12-2-3-12)16(21)10-18/h4-5,8,12H,2-3,6-7,9-10H2,1H3. The highest BCUT2D eigenvalue weighted by atomic mass is 32.2. The van der Waals surface area contributed by atoms with Gasteiger partial charge >= 0.3 is 0 Å². The first-order valence-electron chi connectivity index (χ1n) is 8.07. The van der Waals surface area contributed by atoms with Crippen LogP contribution in [-0.4, -0.2) is 62.2 Å². The number of carbonyl (C=O) groups excluding carboxylic acids is 2. The van der Waals surface area contributed by atoms with E-state index in [0.29, 0.717) is 24.7 Å². The second-order valence-electron chi connectivity index (χ2n) is 6.58. The average molecular weight is 349 g/mol. The van der Waals surface area contributed by atoms with Crippen molar-refractivity contribution >= 4 is 27.5 Å². The zero-order chi connectivity index (χ0) is 17.1. The summed E-state index contributed by atoms with van der Waals surface area (Å²) in [4.78, 5) is 27.4. The van der Waals surface area contributed by atoms with Crippen molar-refractivity contribution in [1.82, 2.24) is 9.21 Å². The molecule has 0 spiro atoms. The highest BCUT2D eigenvalue weighted by Gasteiger charge is 2.39. The number of rotatable bonds is 3. The Bertz CT molecular complexity index is 832. The Morgan fingerprint density at radius 2 is 1.83 bits per heavy atom. The van der Waals surface area contributed by atoms with Crippen molar-refractivity contribution < 1.29 is 18.0 Å². The molecule has 0 unspecified atom stereocenters. The van der Waals surface area contributed by atoms with Crippen molar-refractivity contribution in [3.8, 4) is 0 Å². The highest BCUT2D eigenvalue weighted by molar-refractivity contribution is 7.89. The van der Waals surface area contributed by atoms with Crippen LogP contribution in [0.25, 0.3) is 0 Å². The van der Waals surface area contributed by atoms with Crippen LogP contribution in [0.15, 0.2) is 23.1 Å². The van der Waals surface area contributed by atoms with Gasteiger partial charge in [-0.25, -0.2) is 8.42 Å². The Balaban J connectivity index is 1.58.